The SMILES string of the molecule is CC(NCC(O)c1ccc2c(c1)OCO2)C1CCCO1. The molecule has 2 N–H and O–H groups in total. The number of aliphatic hydroxyl groups excluding tert-OH is 1. The van der Waals surface area contributed by atoms with Crippen molar-refractivity contribution >= 4 is 0 Å². The van der Waals surface area contributed by atoms with Crippen molar-refractivity contribution < 1.29 is 19.3 Å². The van der Waals surface area contributed by atoms with Gasteiger partial charge in [-0.1, -0.05) is 6.07 Å². The highest BCUT2D eigenvalue weighted by molar-refractivity contribution is 5.45. The molecule has 5 nitrogen and oxygen atoms in total. The third-order valence-electron chi connectivity index (χ3n) is 3.94. The van der Waals surface area contributed by atoms with Crippen LogP contribution in [0.3, 0.4) is 0 Å². The third-order valence-corrected chi connectivity index (χ3v) is 3.94. The molecule has 3 rings (SSSR count). The monoisotopic (exact) mass is 279 g/mol. The van der Waals surface area contributed by atoms with Gasteiger partial charge in [-0.3, -0.25) is 0 Å². The first kappa shape index (κ1) is 13.7. The standard InChI is InChI=1S/C15H21NO4/c1-10(13-3-2-6-18-13)16-8-12(17)11-4-5-14-15(7-11)20-9-19-14/h4-5,7,10,12-13,16-17H,2-3,6,8-9H2,1H3. The lowest BCUT2D eigenvalue weighted by atomic mass is 10.1. The third kappa shape index (κ3) is 2.90. The van der Waals surface area contributed by atoms with E-state index in [0.717, 1.165) is 30.8 Å². The van der Waals surface area contributed by atoms with Crippen LogP contribution in [0.2, 0.25) is 0 Å². The van der Waals surface area contributed by atoms with Crippen LogP contribution in [0.1, 0.15) is 31.4 Å². The van der Waals surface area contributed by atoms with Crippen LogP contribution in [0.4, 0.5) is 0 Å². The van der Waals surface area contributed by atoms with Crippen LogP contribution >= 0.6 is 0 Å². The van der Waals surface area contributed by atoms with Gasteiger partial charge in [0.2, 0.25) is 6.79 Å². The summed E-state index contributed by atoms with van der Waals surface area (Å²) in [6.45, 7) is 3.70. The van der Waals surface area contributed by atoms with E-state index >= 15 is 0 Å². The maximum atomic E-state index is 10.2. The average Bonchev–Trinajstić information content (AvgIpc) is 3.13. The molecular formula is C15H21NO4. The molecule has 1 aromatic carbocycles. The molecule has 0 bridgehead atoms. The normalized spacial score (nSPS) is 23.8. The minimum Gasteiger partial charge on any atom is -0.454 e. The average molecular weight is 279 g/mol. The minimum absolute atomic E-state index is 0.251. The molecule has 3 unspecified atom stereocenters. The number of nitrogens with one attached hydrogen (secondary N) is 1. The molecule has 5 heteroatoms. The van der Waals surface area contributed by atoms with E-state index in [1.165, 1.54) is 0 Å². The number of hydrogen-bond donors (Lipinski definition) is 2. The zero-order chi connectivity index (χ0) is 13.9. The fourth-order valence-electron chi connectivity index (χ4n) is 2.66. The maximum absolute atomic E-state index is 10.2. The van der Waals surface area contributed by atoms with Crippen molar-refractivity contribution in [2.45, 2.75) is 38.0 Å². The molecule has 0 spiro atoms. The van der Waals surface area contributed by atoms with Gasteiger partial charge in [-0.25, -0.2) is 0 Å². The Hall–Kier alpha value is -1.30. The van der Waals surface area contributed by atoms with Gasteiger partial charge in [0.15, 0.2) is 11.5 Å². The quantitative estimate of drug-likeness (QED) is 0.857. The second kappa shape index (κ2) is 5.99. The Labute approximate surface area is 118 Å². The highest BCUT2D eigenvalue weighted by Crippen LogP contribution is 2.34. The van der Waals surface area contributed by atoms with Crippen LogP contribution in [0, 0.1) is 0 Å². The summed E-state index contributed by atoms with van der Waals surface area (Å²) in [5.74, 6) is 1.44. The van der Waals surface area contributed by atoms with E-state index in [4.69, 9.17) is 14.2 Å². The molecule has 1 aromatic rings. The molecule has 0 radical (unpaired) electrons. The summed E-state index contributed by atoms with van der Waals surface area (Å²) in [7, 11) is 0. The number of ether oxygens (including phenoxy) is 3. The first-order valence-corrected chi connectivity index (χ1v) is 7.16. The molecule has 2 aliphatic heterocycles. The van der Waals surface area contributed by atoms with E-state index < -0.39 is 6.10 Å². The van der Waals surface area contributed by atoms with Gasteiger partial charge in [-0.2, -0.15) is 0 Å². The van der Waals surface area contributed by atoms with Crippen LogP contribution in [0.25, 0.3) is 0 Å². The van der Waals surface area contributed by atoms with Crippen molar-refractivity contribution in [3.63, 3.8) is 0 Å². The summed E-state index contributed by atoms with van der Waals surface area (Å²) in [6, 6.07) is 5.80. The summed E-state index contributed by atoms with van der Waals surface area (Å²) in [4.78, 5) is 0. The molecule has 1 fully saturated rings. The highest BCUT2D eigenvalue weighted by atomic mass is 16.7. The van der Waals surface area contributed by atoms with E-state index in [2.05, 4.69) is 12.2 Å². The lowest BCUT2D eigenvalue weighted by molar-refractivity contribution is 0.0765. The number of hydrogen-bond acceptors (Lipinski definition) is 5. The zero-order valence-electron chi connectivity index (χ0n) is 11.7. The molecular weight excluding hydrogens is 258 g/mol. The Morgan fingerprint density at radius 2 is 2.20 bits per heavy atom. The van der Waals surface area contributed by atoms with Gasteiger partial charge in [0.05, 0.1) is 12.2 Å². The summed E-state index contributed by atoms with van der Waals surface area (Å²) >= 11 is 0. The Bertz CT molecular complexity index is 459. The second-order valence-electron chi connectivity index (χ2n) is 5.38. The van der Waals surface area contributed by atoms with Gasteiger partial charge in [-0.15, -0.1) is 0 Å². The summed E-state index contributed by atoms with van der Waals surface area (Å²) in [5, 5.41) is 13.6. The molecule has 0 amide bonds. The van der Waals surface area contributed by atoms with Crippen molar-refractivity contribution in [2.24, 2.45) is 0 Å². The largest absolute Gasteiger partial charge is 0.454 e. The van der Waals surface area contributed by atoms with Crippen molar-refractivity contribution in [3.05, 3.63) is 23.8 Å². The van der Waals surface area contributed by atoms with Gasteiger partial charge in [0.1, 0.15) is 0 Å². The molecule has 2 heterocycles. The van der Waals surface area contributed by atoms with Crippen LogP contribution in [-0.4, -0.2) is 37.2 Å². The van der Waals surface area contributed by atoms with Gasteiger partial charge in [0, 0.05) is 19.2 Å². The van der Waals surface area contributed by atoms with Crippen LogP contribution in [0.5, 0.6) is 11.5 Å². The Morgan fingerprint density at radius 3 is 3.00 bits per heavy atom. The summed E-state index contributed by atoms with van der Waals surface area (Å²) < 4.78 is 16.2. The smallest absolute Gasteiger partial charge is 0.231 e. The molecule has 2 aliphatic rings. The van der Waals surface area contributed by atoms with Gasteiger partial charge in [0.25, 0.3) is 0 Å². The topological polar surface area (TPSA) is 60.0 Å². The molecule has 20 heavy (non-hydrogen) atoms. The van der Waals surface area contributed by atoms with Crippen molar-refractivity contribution in [1.29, 1.82) is 0 Å². The lowest BCUT2D eigenvalue weighted by Crippen LogP contribution is -2.39. The molecule has 0 aromatic heterocycles. The highest BCUT2D eigenvalue weighted by Gasteiger charge is 2.23. The molecule has 0 aliphatic carbocycles. The lowest BCUT2D eigenvalue weighted by Gasteiger charge is -2.22. The van der Waals surface area contributed by atoms with E-state index in [1.807, 2.05) is 18.2 Å². The maximum Gasteiger partial charge on any atom is 0.231 e. The predicted octanol–water partition coefficient (Wildman–Crippen LogP) is 1.61. The Morgan fingerprint density at radius 1 is 1.35 bits per heavy atom. The molecule has 0 saturated carbocycles. The van der Waals surface area contributed by atoms with Crippen molar-refractivity contribution in [2.75, 3.05) is 19.9 Å². The number of benzene rings is 1. The van der Waals surface area contributed by atoms with E-state index in [-0.39, 0.29) is 18.9 Å². The van der Waals surface area contributed by atoms with E-state index in [9.17, 15) is 5.11 Å². The number of aliphatic hydroxyl groups is 1. The van der Waals surface area contributed by atoms with Crippen molar-refractivity contribution in [3.8, 4) is 11.5 Å². The number of rotatable bonds is 5. The number of fused-ring (bicyclic) bond motifs is 1. The predicted molar refractivity (Wildman–Crippen MR) is 74.0 cm³/mol. The van der Waals surface area contributed by atoms with Gasteiger partial charge < -0.3 is 24.6 Å². The summed E-state index contributed by atoms with van der Waals surface area (Å²) in [6.07, 6.45) is 1.92. The molecule has 1 saturated heterocycles. The first-order valence-electron chi connectivity index (χ1n) is 7.16. The Balaban J connectivity index is 1.54. The molecule has 110 valence electrons. The van der Waals surface area contributed by atoms with E-state index in [1.54, 1.807) is 0 Å². The molecule has 3 atom stereocenters. The van der Waals surface area contributed by atoms with Gasteiger partial charge >= 0.3 is 0 Å². The van der Waals surface area contributed by atoms with Crippen LogP contribution in [-0.2, 0) is 4.74 Å². The first-order chi connectivity index (χ1) is 9.74. The van der Waals surface area contributed by atoms with Gasteiger partial charge in [-0.05, 0) is 37.5 Å². The van der Waals surface area contributed by atoms with E-state index in [0.29, 0.717) is 12.3 Å². The minimum atomic E-state index is -0.562. The van der Waals surface area contributed by atoms with Crippen molar-refractivity contribution in [1.82, 2.24) is 5.32 Å². The Kier molecular flexibility index (Phi) is 4.10. The van der Waals surface area contributed by atoms with Crippen LogP contribution < -0.4 is 14.8 Å². The van der Waals surface area contributed by atoms with Crippen LogP contribution in [0.15, 0.2) is 18.2 Å². The zero-order valence-corrected chi connectivity index (χ0v) is 11.7. The fraction of sp³-hybridized carbons (Fsp3) is 0.600. The fourth-order valence-corrected chi connectivity index (χ4v) is 2.66. The second-order valence-corrected chi connectivity index (χ2v) is 5.38. The summed E-state index contributed by atoms with van der Waals surface area (Å²) in [5.41, 5.74) is 0.835.